The van der Waals surface area contributed by atoms with Gasteiger partial charge in [0.2, 0.25) is 0 Å². The highest BCUT2D eigenvalue weighted by Gasteiger charge is 2.22. The number of hydrogen-bond acceptors (Lipinski definition) is 3. The van der Waals surface area contributed by atoms with Gasteiger partial charge in [0.15, 0.2) is 0 Å². The van der Waals surface area contributed by atoms with Crippen LogP contribution in [0.25, 0.3) is 0 Å². The molecule has 0 spiro atoms. The molecule has 0 saturated heterocycles. The van der Waals surface area contributed by atoms with Crippen LogP contribution in [0.5, 0.6) is 0 Å². The first kappa shape index (κ1) is 15.9. The Morgan fingerprint density at radius 3 is 2.61 bits per heavy atom. The third-order valence-electron chi connectivity index (χ3n) is 4.03. The number of ether oxygens (including phenoxy) is 1. The van der Waals surface area contributed by atoms with Gasteiger partial charge in [0.25, 0.3) is 0 Å². The molecule has 1 unspecified atom stereocenters. The summed E-state index contributed by atoms with van der Waals surface area (Å²) in [6, 6.07) is 0. The number of nitrogens with one attached hydrogen (secondary N) is 1. The minimum Gasteiger partial charge on any atom is -0.394 e. The van der Waals surface area contributed by atoms with Gasteiger partial charge in [-0.1, -0.05) is 26.2 Å². The Labute approximate surface area is 112 Å². The van der Waals surface area contributed by atoms with E-state index in [1.54, 1.807) is 0 Å². The molecule has 1 rings (SSSR count). The van der Waals surface area contributed by atoms with Crippen molar-refractivity contribution in [3.63, 3.8) is 0 Å². The average Bonchev–Trinajstić information content (AvgIpc) is 2.43. The van der Waals surface area contributed by atoms with Crippen LogP contribution in [0.1, 0.15) is 58.8 Å². The summed E-state index contributed by atoms with van der Waals surface area (Å²) in [5.41, 5.74) is -0.178. The summed E-state index contributed by atoms with van der Waals surface area (Å²) in [6.45, 7) is 7.02. The zero-order chi connectivity index (χ0) is 13.3. The molecule has 3 nitrogen and oxygen atoms in total. The molecule has 0 aliphatic heterocycles. The number of hydrogen-bond donors (Lipinski definition) is 2. The summed E-state index contributed by atoms with van der Waals surface area (Å²) < 4.78 is 5.80. The Hall–Kier alpha value is -0.120. The third-order valence-corrected chi connectivity index (χ3v) is 4.03. The van der Waals surface area contributed by atoms with Gasteiger partial charge in [0.1, 0.15) is 0 Å². The summed E-state index contributed by atoms with van der Waals surface area (Å²) in [7, 11) is 0. The summed E-state index contributed by atoms with van der Waals surface area (Å²) in [5.74, 6) is 0.780. The van der Waals surface area contributed by atoms with Gasteiger partial charge in [-0.2, -0.15) is 0 Å². The molecule has 1 aliphatic rings. The molecule has 1 atom stereocenters. The van der Waals surface area contributed by atoms with E-state index in [9.17, 15) is 5.11 Å². The van der Waals surface area contributed by atoms with Crippen molar-refractivity contribution < 1.29 is 9.84 Å². The molecular weight excluding hydrogens is 226 g/mol. The third kappa shape index (κ3) is 6.17. The minimum absolute atomic E-state index is 0.178. The van der Waals surface area contributed by atoms with E-state index in [2.05, 4.69) is 19.2 Å². The van der Waals surface area contributed by atoms with E-state index in [0.29, 0.717) is 0 Å². The van der Waals surface area contributed by atoms with E-state index in [-0.39, 0.29) is 12.1 Å². The van der Waals surface area contributed by atoms with Gasteiger partial charge in [-0.15, -0.1) is 0 Å². The number of aliphatic hydroxyl groups excluding tert-OH is 1. The van der Waals surface area contributed by atoms with E-state index in [1.807, 2.05) is 0 Å². The van der Waals surface area contributed by atoms with Crippen molar-refractivity contribution in [2.24, 2.45) is 5.92 Å². The second-order valence-corrected chi connectivity index (χ2v) is 5.97. The van der Waals surface area contributed by atoms with E-state index < -0.39 is 0 Å². The van der Waals surface area contributed by atoms with E-state index in [0.717, 1.165) is 38.5 Å². The molecule has 0 radical (unpaired) electrons. The molecule has 3 heteroatoms. The minimum atomic E-state index is -0.178. The maximum atomic E-state index is 9.44. The van der Waals surface area contributed by atoms with E-state index >= 15 is 0 Å². The lowest BCUT2D eigenvalue weighted by molar-refractivity contribution is 0.0580. The van der Waals surface area contributed by atoms with Crippen LogP contribution in [0.4, 0.5) is 0 Å². The second kappa shape index (κ2) is 8.89. The molecule has 0 amide bonds. The van der Waals surface area contributed by atoms with Crippen LogP contribution < -0.4 is 5.32 Å². The molecule has 0 aromatic carbocycles. The Morgan fingerprint density at radius 2 is 2.00 bits per heavy atom. The highest BCUT2D eigenvalue weighted by Crippen LogP contribution is 2.23. The lowest BCUT2D eigenvalue weighted by atomic mass is 9.90. The van der Waals surface area contributed by atoms with Crippen molar-refractivity contribution in [2.75, 3.05) is 26.4 Å². The lowest BCUT2D eigenvalue weighted by Crippen LogP contribution is -2.47. The number of rotatable bonds is 9. The quantitative estimate of drug-likeness (QED) is 0.624. The van der Waals surface area contributed by atoms with Gasteiger partial charge < -0.3 is 15.2 Å². The zero-order valence-corrected chi connectivity index (χ0v) is 12.2. The lowest BCUT2D eigenvalue weighted by Gasteiger charge is -2.29. The molecule has 1 fully saturated rings. The van der Waals surface area contributed by atoms with Gasteiger partial charge in [0, 0.05) is 18.8 Å². The molecule has 0 aromatic rings. The van der Waals surface area contributed by atoms with Gasteiger partial charge in [-0.25, -0.2) is 0 Å². The van der Waals surface area contributed by atoms with Crippen LogP contribution in [-0.4, -0.2) is 37.0 Å². The summed E-state index contributed by atoms with van der Waals surface area (Å²) in [5, 5.41) is 12.8. The molecule has 2 N–H and O–H groups in total. The van der Waals surface area contributed by atoms with Crippen LogP contribution in [-0.2, 0) is 4.74 Å². The molecule has 1 aliphatic carbocycles. The van der Waals surface area contributed by atoms with Crippen molar-refractivity contribution in [2.45, 2.75) is 64.3 Å². The van der Waals surface area contributed by atoms with Gasteiger partial charge in [-0.3, -0.25) is 0 Å². The fourth-order valence-electron chi connectivity index (χ4n) is 2.55. The number of aliphatic hydroxyl groups is 1. The van der Waals surface area contributed by atoms with Crippen molar-refractivity contribution in [3.8, 4) is 0 Å². The average molecular weight is 257 g/mol. The highest BCUT2D eigenvalue weighted by molar-refractivity contribution is 4.81. The second-order valence-electron chi connectivity index (χ2n) is 5.97. The fourth-order valence-corrected chi connectivity index (χ4v) is 2.55. The SMILES string of the molecule is CCCNC(C)(CO)CCOCC1CCCCC1. The monoisotopic (exact) mass is 257 g/mol. The van der Waals surface area contributed by atoms with E-state index in [4.69, 9.17) is 4.74 Å². The Kier molecular flexibility index (Phi) is 7.87. The molecule has 108 valence electrons. The van der Waals surface area contributed by atoms with Crippen LogP contribution in [0.3, 0.4) is 0 Å². The maximum Gasteiger partial charge on any atom is 0.0611 e. The Bertz CT molecular complexity index is 205. The van der Waals surface area contributed by atoms with Gasteiger partial charge >= 0.3 is 0 Å². The summed E-state index contributed by atoms with van der Waals surface area (Å²) >= 11 is 0. The predicted octanol–water partition coefficient (Wildman–Crippen LogP) is 2.72. The summed E-state index contributed by atoms with van der Waals surface area (Å²) in [6.07, 6.45) is 8.81. The first-order valence-electron chi connectivity index (χ1n) is 7.64. The molecular formula is C15H31NO2. The standard InChI is InChI=1S/C15H31NO2/c1-3-10-16-15(2,13-17)9-11-18-12-14-7-5-4-6-8-14/h14,16-17H,3-13H2,1-2H3. The molecule has 18 heavy (non-hydrogen) atoms. The maximum absolute atomic E-state index is 9.44. The smallest absolute Gasteiger partial charge is 0.0611 e. The predicted molar refractivity (Wildman–Crippen MR) is 75.8 cm³/mol. The topological polar surface area (TPSA) is 41.5 Å². The highest BCUT2D eigenvalue weighted by atomic mass is 16.5. The van der Waals surface area contributed by atoms with Crippen LogP contribution >= 0.6 is 0 Å². The first-order valence-corrected chi connectivity index (χ1v) is 7.64. The molecule has 0 bridgehead atoms. The summed E-state index contributed by atoms with van der Waals surface area (Å²) in [4.78, 5) is 0. The Balaban J connectivity index is 2.10. The van der Waals surface area contributed by atoms with Crippen molar-refractivity contribution >= 4 is 0 Å². The normalized spacial score (nSPS) is 20.8. The van der Waals surface area contributed by atoms with Crippen LogP contribution in [0.15, 0.2) is 0 Å². The first-order chi connectivity index (χ1) is 8.70. The van der Waals surface area contributed by atoms with Crippen LogP contribution in [0, 0.1) is 5.92 Å². The largest absolute Gasteiger partial charge is 0.394 e. The van der Waals surface area contributed by atoms with Crippen molar-refractivity contribution in [3.05, 3.63) is 0 Å². The van der Waals surface area contributed by atoms with Gasteiger partial charge in [-0.05, 0) is 45.1 Å². The Morgan fingerprint density at radius 1 is 1.28 bits per heavy atom. The molecule has 0 heterocycles. The fraction of sp³-hybridized carbons (Fsp3) is 1.00. The van der Waals surface area contributed by atoms with Crippen molar-refractivity contribution in [1.82, 2.24) is 5.32 Å². The zero-order valence-electron chi connectivity index (χ0n) is 12.2. The van der Waals surface area contributed by atoms with Gasteiger partial charge in [0.05, 0.1) is 6.61 Å². The van der Waals surface area contributed by atoms with Crippen molar-refractivity contribution in [1.29, 1.82) is 0 Å². The molecule has 0 aromatic heterocycles. The molecule has 1 saturated carbocycles. The van der Waals surface area contributed by atoms with E-state index in [1.165, 1.54) is 32.1 Å². The van der Waals surface area contributed by atoms with Crippen LogP contribution in [0.2, 0.25) is 0 Å².